The van der Waals surface area contributed by atoms with Crippen molar-refractivity contribution in [3.05, 3.63) is 70.2 Å². The van der Waals surface area contributed by atoms with Gasteiger partial charge in [-0.15, -0.1) is 11.6 Å². The fourth-order valence-electron chi connectivity index (χ4n) is 4.23. The maximum Gasteiger partial charge on any atom is 0.247 e. The van der Waals surface area contributed by atoms with Gasteiger partial charge in [-0.05, 0) is 37.3 Å². The molecule has 1 fully saturated rings. The molecule has 0 spiro atoms. The van der Waals surface area contributed by atoms with Crippen LogP contribution in [0.4, 0.5) is 0 Å². The number of carbonyl (C=O) groups is 2. The highest BCUT2D eigenvalue weighted by Gasteiger charge is 2.34. The lowest BCUT2D eigenvalue weighted by atomic mass is 9.85. The van der Waals surface area contributed by atoms with Crippen LogP contribution in [0.1, 0.15) is 55.3 Å². The van der Waals surface area contributed by atoms with Gasteiger partial charge < -0.3 is 10.2 Å². The van der Waals surface area contributed by atoms with E-state index in [4.69, 9.17) is 23.2 Å². The molecule has 1 aliphatic rings. The Hall–Kier alpha value is -2.04. The summed E-state index contributed by atoms with van der Waals surface area (Å²) in [5, 5.41) is 3.67. The van der Waals surface area contributed by atoms with Crippen molar-refractivity contribution in [1.82, 2.24) is 10.2 Å². The Kier molecular flexibility index (Phi) is 8.39. The topological polar surface area (TPSA) is 49.4 Å². The lowest BCUT2D eigenvalue weighted by Gasteiger charge is -2.35. The summed E-state index contributed by atoms with van der Waals surface area (Å²) in [4.78, 5) is 28.1. The minimum atomic E-state index is -0.852. The van der Waals surface area contributed by atoms with Gasteiger partial charge in [0.15, 0.2) is 0 Å². The van der Waals surface area contributed by atoms with Crippen molar-refractivity contribution >= 4 is 35.0 Å². The fraction of sp³-hybridized carbons (Fsp3) is 0.440. The number of rotatable bonds is 7. The number of halogens is 2. The van der Waals surface area contributed by atoms with Gasteiger partial charge in [0.2, 0.25) is 11.8 Å². The average molecular weight is 461 g/mol. The van der Waals surface area contributed by atoms with E-state index in [1.54, 1.807) is 17.0 Å². The van der Waals surface area contributed by atoms with Crippen LogP contribution in [0.25, 0.3) is 0 Å². The second-order valence-corrected chi connectivity index (χ2v) is 9.12. The third kappa shape index (κ3) is 6.02. The summed E-state index contributed by atoms with van der Waals surface area (Å²) >= 11 is 12.5. The Morgan fingerprint density at radius 3 is 2.42 bits per heavy atom. The molecule has 1 aliphatic carbocycles. The molecule has 0 saturated heterocycles. The zero-order valence-corrected chi connectivity index (χ0v) is 19.6. The molecule has 6 heteroatoms. The fourth-order valence-corrected chi connectivity index (χ4v) is 4.62. The van der Waals surface area contributed by atoms with Gasteiger partial charge in [0.1, 0.15) is 11.9 Å². The van der Waals surface area contributed by atoms with Crippen LogP contribution in [-0.2, 0) is 16.1 Å². The number of hydrogen-bond donors (Lipinski definition) is 1. The van der Waals surface area contributed by atoms with Crippen LogP contribution >= 0.6 is 23.2 Å². The molecule has 0 aromatic heterocycles. The molecule has 0 radical (unpaired) electrons. The highest BCUT2D eigenvalue weighted by atomic mass is 35.5. The van der Waals surface area contributed by atoms with Crippen molar-refractivity contribution in [3.63, 3.8) is 0 Å². The first-order chi connectivity index (χ1) is 14.9. The lowest BCUT2D eigenvalue weighted by Crippen LogP contribution is -2.49. The van der Waals surface area contributed by atoms with E-state index in [9.17, 15) is 9.59 Å². The van der Waals surface area contributed by atoms with Gasteiger partial charge >= 0.3 is 0 Å². The number of nitrogens with zero attached hydrogens (tertiary/aromatic N) is 1. The first-order valence-corrected chi connectivity index (χ1v) is 11.8. The van der Waals surface area contributed by atoms with Gasteiger partial charge in [0, 0.05) is 23.2 Å². The van der Waals surface area contributed by atoms with E-state index in [1.165, 1.54) is 6.42 Å². The molecule has 4 nitrogen and oxygen atoms in total. The van der Waals surface area contributed by atoms with Crippen molar-refractivity contribution in [2.24, 2.45) is 5.92 Å². The summed E-state index contributed by atoms with van der Waals surface area (Å²) in [6.07, 6.45) is 4.32. The molecular formula is C25H30Cl2N2O2. The lowest BCUT2D eigenvalue weighted by molar-refractivity contribution is -0.140. The molecule has 31 heavy (non-hydrogen) atoms. The molecule has 0 heterocycles. The number of aryl methyl sites for hydroxylation is 1. The zero-order valence-electron chi connectivity index (χ0n) is 18.1. The predicted octanol–water partition coefficient (Wildman–Crippen LogP) is 5.65. The standard InChI is InChI=1S/C25H30Cl2N2O2/c1-17-11-13-19(14-12-17)16-29(23(30)15-26)24(20-8-4-5-9-21(20)27)25(31)28-22-10-6-3-7-18(22)2/h4-5,8-9,11-14,18,22,24H,3,6-7,10,15-16H2,1-2H3,(H,28,31)/t18-,22+,24+/m1/s1. The quantitative estimate of drug-likeness (QED) is 0.542. The van der Waals surface area contributed by atoms with Gasteiger partial charge in [-0.1, -0.05) is 79.4 Å². The number of carbonyl (C=O) groups excluding carboxylic acids is 2. The second kappa shape index (κ2) is 11.0. The summed E-state index contributed by atoms with van der Waals surface area (Å²) in [7, 11) is 0. The molecule has 2 aromatic carbocycles. The molecule has 3 atom stereocenters. The van der Waals surface area contributed by atoms with Crippen LogP contribution in [0.15, 0.2) is 48.5 Å². The number of benzene rings is 2. The second-order valence-electron chi connectivity index (χ2n) is 8.44. The Morgan fingerprint density at radius 2 is 1.77 bits per heavy atom. The Morgan fingerprint density at radius 1 is 1.10 bits per heavy atom. The smallest absolute Gasteiger partial charge is 0.247 e. The Balaban J connectivity index is 1.97. The molecule has 0 unspecified atom stereocenters. The molecule has 0 aliphatic heterocycles. The Bertz CT molecular complexity index is 901. The molecule has 166 valence electrons. The monoisotopic (exact) mass is 460 g/mol. The van der Waals surface area contributed by atoms with E-state index in [0.29, 0.717) is 16.5 Å². The SMILES string of the molecule is Cc1ccc(CN(C(=O)CCl)[C@H](C(=O)N[C@H]2CCCC[C@H]2C)c2ccccc2Cl)cc1. The van der Waals surface area contributed by atoms with Crippen molar-refractivity contribution in [2.45, 2.75) is 58.2 Å². The summed E-state index contributed by atoms with van der Waals surface area (Å²) in [6, 6.07) is 14.4. The molecule has 1 N–H and O–H groups in total. The van der Waals surface area contributed by atoms with Crippen molar-refractivity contribution in [2.75, 3.05) is 5.88 Å². The highest BCUT2D eigenvalue weighted by Crippen LogP contribution is 2.31. The molecule has 1 saturated carbocycles. The van der Waals surface area contributed by atoms with E-state index in [2.05, 4.69) is 12.2 Å². The Labute approximate surface area is 194 Å². The van der Waals surface area contributed by atoms with Gasteiger partial charge in [-0.25, -0.2) is 0 Å². The summed E-state index contributed by atoms with van der Waals surface area (Å²) < 4.78 is 0. The maximum absolute atomic E-state index is 13.6. The van der Waals surface area contributed by atoms with Gasteiger partial charge in [-0.3, -0.25) is 9.59 Å². The van der Waals surface area contributed by atoms with Crippen LogP contribution in [0.5, 0.6) is 0 Å². The van der Waals surface area contributed by atoms with Crippen molar-refractivity contribution in [1.29, 1.82) is 0 Å². The van der Waals surface area contributed by atoms with Gasteiger partial charge in [0.05, 0.1) is 0 Å². The van der Waals surface area contributed by atoms with Crippen molar-refractivity contribution in [3.8, 4) is 0 Å². The van der Waals surface area contributed by atoms with Crippen LogP contribution in [0.3, 0.4) is 0 Å². The molecule has 2 aromatic rings. The average Bonchev–Trinajstić information content (AvgIpc) is 2.77. The predicted molar refractivity (Wildman–Crippen MR) is 126 cm³/mol. The van der Waals surface area contributed by atoms with Crippen molar-refractivity contribution < 1.29 is 9.59 Å². The van der Waals surface area contributed by atoms with Crippen LogP contribution in [0.2, 0.25) is 5.02 Å². The van der Waals surface area contributed by atoms with E-state index < -0.39 is 6.04 Å². The maximum atomic E-state index is 13.6. The molecule has 3 rings (SSSR count). The minimum Gasteiger partial charge on any atom is -0.351 e. The largest absolute Gasteiger partial charge is 0.351 e. The van der Waals surface area contributed by atoms with Crippen LogP contribution in [-0.4, -0.2) is 28.6 Å². The number of alkyl halides is 1. The third-order valence-corrected chi connectivity index (χ3v) is 6.68. The molecule has 0 bridgehead atoms. The summed E-state index contributed by atoms with van der Waals surface area (Å²) in [5.74, 6) is -0.324. The third-order valence-electron chi connectivity index (χ3n) is 6.11. The van der Waals surface area contributed by atoms with Gasteiger partial charge in [-0.2, -0.15) is 0 Å². The molecule has 2 amide bonds. The zero-order chi connectivity index (χ0) is 22.4. The molecular weight excluding hydrogens is 431 g/mol. The minimum absolute atomic E-state index is 0.0959. The number of hydrogen-bond acceptors (Lipinski definition) is 2. The highest BCUT2D eigenvalue weighted by molar-refractivity contribution is 6.31. The van der Waals surface area contributed by atoms with E-state index in [0.717, 1.165) is 30.4 Å². The number of amides is 2. The normalized spacial score (nSPS) is 19.5. The van der Waals surface area contributed by atoms with E-state index >= 15 is 0 Å². The van der Waals surface area contributed by atoms with Crippen LogP contribution < -0.4 is 5.32 Å². The summed E-state index contributed by atoms with van der Waals surface area (Å²) in [6.45, 7) is 4.45. The van der Waals surface area contributed by atoms with Gasteiger partial charge in [0.25, 0.3) is 0 Å². The number of nitrogens with one attached hydrogen (secondary N) is 1. The first-order valence-electron chi connectivity index (χ1n) is 10.9. The van der Waals surface area contributed by atoms with Crippen LogP contribution in [0, 0.1) is 12.8 Å². The first kappa shape index (κ1) is 23.6. The summed E-state index contributed by atoms with van der Waals surface area (Å²) in [5.41, 5.74) is 2.67. The van der Waals surface area contributed by atoms with E-state index in [-0.39, 0.29) is 30.3 Å². The van der Waals surface area contributed by atoms with E-state index in [1.807, 2.05) is 43.3 Å².